The standard InChI is InChI=1S/C23H30N2O5S/c1-15-7-12-19-20(14-23(3,4)30-21(19)13-15)24-22(26)16(2)29-18-10-8-17(9-11-18)25(5)31(6,27)28/h7-13,16,20H,14H2,1-6H3,(H,24,26)/t16-,20-/m1/s1. The van der Waals surface area contributed by atoms with Crippen molar-refractivity contribution in [1.29, 1.82) is 0 Å². The molecule has 0 saturated carbocycles. The van der Waals surface area contributed by atoms with Crippen molar-refractivity contribution in [2.75, 3.05) is 17.6 Å². The molecule has 1 aliphatic rings. The van der Waals surface area contributed by atoms with E-state index in [-0.39, 0.29) is 11.9 Å². The van der Waals surface area contributed by atoms with E-state index in [1.807, 2.05) is 39.0 Å². The molecule has 1 amide bonds. The normalized spacial score (nSPS) is 18.3. The zero-order valence-corrected chi connectivity index (χ0v) is 19.6. The number of hydrogen-bond acceptors (Lipinski definition) is 5. The number of rotatable bonds is 6. The van der Waals surface area contributed by atoms with Crippen LogP contribution in [0.5, 0.6) is 11.5 Å². The lowest BCUT2D eigenvalue weighted by Crippen LogP contribution is -2.44. The van der Waals surface area contributed by atoms with Gasteiger partial charge in [-0.05, 0) is 63.6 Å². The number of nitrogens with one attached hydrogen (secondary N) is 1. The van der Waals surface area contributed by atoms with Gasteiger partial charge in [0.15, 0.2) is 6.10 Å². The van der Waals surface area contributed by atoms with E-state index in [1.54, 1.807) is 31.2 Å². The Kier molecular flexibility index (Phi) is 6.23. The maximum Gasteiger partial charge on any atom is 0.261 e. The third kappa shape index (κ3) is 5.50. The first-order chi connectivity index (χ1) is 14.4. The summed E-state index contributed by atoms with van der Waals surface area (Å²) in [7, 11) is -1.86. The van der Waals surface area contributed by atoms with E-state index in [0.717, 1.165) is 23.1 Å². The largest absolute Gasteiger partial charge is 0.487 e. The van der Waals surface area contributed by atoms with Gasteiger partial charge < -0.3 is 14.8 Å². The molecular formula is C23H30N2O5S. The minimum absolute atomic E-state index is 0.177. The molecule has 0 aliphatic carbocycles. The second-order valence-electron chi connectivity index (χ2n) is 8.65. The molecule has 2 aromatic carbocycles. The maximum absolute atomic E-state index is 12.8. The summed E-state index contributed by atoms with van der Waals surface area (Å²) < 4.78 is 36.4. The average molecular weight is 447 g/mol. The summed E-state index contributed by atoms with van der Waals surface area (Å²) in [6.45, 7) is 7.71. The molecule has 0 spiro atoms. The summed E-state index contributed by atoms with van der Waals surface area (Å²) in [5.41, 5.74) is 2.18. The molecule has 0 saturated heterocycles. The van der Waals surface area contributed by atoms with Gasteiger partial charge in [-0.15, -0.1) is 0 Å². The first-order valence-corrected chi connectivity index (χ1v) is 12.0. The van der Waals surface area contributed by atoms with Crippen LogP contribution in [-0.2, 0) is 14.8 Å². The molecule has 2 atom stereocenters. The molecule has 0 aromatic heterocycles. The second-order valence-corrected chi connectivity index (χ2v) is 10.7. The van der Waals surface area contributed by atoms with Crippen LogP contribution < -0.4 is 19.1 Å². The summed E-state index contributed by atoms with van der Waals surface area (Å²) in [4.78, 5) is 12.8. The van der Waals surface area contributed by atoms with Crippen molar-refractivity contribution in [3.63, 3.8) is 0 Å². The quantitative estimate of drug-likeness (QED) is 0.733. The molecule has 8 heteroatoms. The van der Waals surface area contributed by atoms with Crippen molar-refractivity contribution >= 4 is 21.6 Å². The smallest absolute Gasteiger partial charge is 0.261 e. The van der Waals surface area contributed by atoms with E-state index in [9.17, 15) is 13.2 Å². The predicted molar refractivity (Wildman–Crippen MR) is 121 cm³/mol. The Balaban J connectivity index is 1.69. The van der Waals surface area contributed by atoms with Crippen LogP contribution in [0.25, 0.3) is 0 Å². The highest BCUT2D eigenvalue weighted by Gasteiger charge is 2.35. The molecule has 2 aromatic rings. The Morgan fingerprint density at radius 3 is 2.48 bits per heavy atom. The lowest BCUT2D eigenvalue weighted by Gasteiger charge is -2.38. The van der Waals surface area contributed by atoms with Crippen LogP contribution >= 0.6 is 0 Å². The number of carbonyl (C=O) groups excluding carboxylic acids is 1. The Labute approximate surface area is 184 Å². The van der Waals surface area contributed by atoms with Gasteiger partial charge in [-0.25, -0.2) is 8.42 Å². The topological polar surface area (TPSA) is 84.9 Å². The number of carbonyl (C=O) groups is 1. The van der Waals surface area contributed by atoms with Crippen molar-refractivity contribution in [1.82, 2.24) is 5.32 Å². The number of benzene rings is 2. The van der Waals surface area contributed by atoms with Crippen molar-refractivity contribution in [3.8, 4) is 11.5 Å². The van der Waals surface area contributed by atoms with Gasteiger partial charge >= 0.3 is 0 Å². The monoisotopic (exact) mass is 446 g/mol. The van der Waals surface area contributed by atoms with Crippen LogP contribution in [0.4, 0.5) is 5.69 Å². The molecule has 0 radical (unpaired) electrons. The number of hydrogen-bond donors (Lipinski definition) is 1. The molecule has 1 heterocycles. The van der Waals surface area contributed by atoms with Gasteiger partial charge in [-0.2, -0.15) is 0 Å². The van der Waals surface area contributed by atoms with E-state index in [2.05, 4.69) is 5.32 Å². The number of sulfonamides is 1. The summed E-state index contributed by atoms with van der Waals surface area (Å²) in [5, 5.41) is 3.09. The van der Waals surface area contributed by atoms with Gasteiger partial charge in [0, 0.05) is 19.0 Å². The lowest BCUT2D eigenvalue weighted by molar-refractivity contribution is -0.128. The number of fused-ring (bicyclic) bond motifs is 1. The molecule has 1 aliphatic heterocycles. The predicted octanol–water partition coefficient (Wildman–Crippen LogP) is 3.58. The fourth-order valence-electron chi connectivity index (χ4n) is 3.56. The van der Waals surface area contributed by atoms with Crippen molar-refractivity contribution in [2.45, 2.75) is 51.9 Å². The summed E-state index contributed by atoms with van der Waals surface area (Å²) >= 11 is 0. The average Bonchev–Trinajstić information content (AvgIpc) is 2.66. The van der Waals surface area contributed by atoms with E-state index in [0.29, 0.717) is 17.9 Å². The van der Waals surface area contributed by atoms with E-state index in [1.165, 1.54) is 11.4 Å². The van der Waals surface area contributed by atoms with E-state index in [4.69, 9.17) is 9.47 Å². The van der Waals surface area contributed by atoms with Crippen molar-refractivity contribution in [3.05, 3.63) is 53.6 Å². The van der Waals surface area contributed by atoms with Gasteiger partial charge in [0.1, 0.15) is 17.1 Å². The molecule has 168 valence electrons. The maximum atomic E-state index is 12.8. The number of nitrogens with zero attached hydrogens (tertiary/aromatic N) is 1. The fraction of sp³-hybridized carbons (Fsp3) is 0.435. The highest BCUT2D eigenvalue weighted by molar-refractivity contribution is 7.92. The first-order valence-electron chi connectivity index (χ1n) is 10.2. The van der Waals surface area contributed by atoms with Gasteiger partial charge in [0.25, 0.3) is 5.91 Å². The molecule has 3 rings (SSSR count). The number of ether oxygens (including phenoxy) is 2. The van der Waals surface area contributed by atoms with Gasteiger partial charge in [0.05, 0.1) is 18.0 Å². The minimum atomic E-state index is -3.34. The van der Waals surface area contributed by atoms with Gasteiger partial charge in [0.2, 0.25) is 10.0 Å². The van der Waals surface area contributed by atoms with Gasteiger partial charge in [-0.1, -0.05) is 12.1 Å². The molecule has 31 heavy (non-hydrogen) atoms. The van der Waals surface area contributed by atoms with E-state index < -0.39 is 21.7 Å². The Morgan fingerprint density at radius 2 is 1.87 bits per heavy atom. The summed E-state index contributed by atoms with van der Waals surface area (Å²) in [6.07, 6.45) is 1.06. The molecular weight excluding hydrogens is 416 g/mol. The van der Waals surface area contributed by atoms with Crippen LogP contribution in [0, 0.1) is 6.92 Å². The summed E-state index contributed by atoms with van der Waals surface area (Å²) in [5.74, 6) is 1.05. The number of aryl methyl sites for hydroxylation is 1. The Bertz CT molecular complexity index is 1060. The van der Waals surface area contributed by atoms with Crippen LogP contribution in [0.2, 0.25) is 0 Å². The van der Waals surface area contributed by atoms with Crippen LogP contribution in [0.1, 0.15) is 44.4 Å². The SMILES string of the molecule is Cc1ccc2c(c1)OC(C)(C)C[C@H]2NC(=O)[C@@H](C)Oc1ccc(N(C)S(C)(=O)=O)cc1. The number of amides is 1. The summed E-state index contributed by atoms with van der Waals surface area (Å²) in [6, 6.07) is 12.4. The molecule has 1 N–H and O–H groups in total. The first kappa shape index (κ1) is 22.9. The second kappa shape index (κ2) is 8.42. The zero-order valence-electron chi connectivity index (χ0n) is 18.8. The molecule has 0 unspecified atom stereocenters. The van der Waals surface area contributed by atoms with Crippen molar-refractivity contribution < 1.29 is 22.7 Å². The highest BCUT2D eigenvalue weighted by Crippen LogP contribution is 2.40. The Hall–Kier alpha value is -2.74. The van der Waals surface area contributed by atoms with Crippen molar-refractivity contribution in [2.24, 2.45) is 0 Å². The third-order valence-corrected chi connectivity index (χ3v) is 6.53. The molecule has 7 nitrogen and oxygen atoms in total. The zero-order chi connectivity index (χ0) is 23.0. The molecule has 0 fully saturated rings. The van der Waals surface area contributed by atoms with Crippen LogP contribution in [0.3, 0.4) is 0 Å². The van der Waals surface area contributed by atoms with Crippen LogP contribution in [-0.4, -0.2) is 39.3 Å². The minimum Gasteiger partial charge on any atom is -0.487 e. The number of anilines is 1. The van der Waals surface area contributed by atoms with Crippen LogP contribution in [0.15, 0.2) is 42.5 Å². The molecule has 0 bridgehead atoms. The van der Waals surface area contributed by atoms with Gasteiger partial charge in [-0.3, -0.25) is 9.10 Å². The fourth-order valence-corrected chi connectivity index (χ4v) is 4.06. The third-order valence-electron chi connectivity index (χ3n) is 5.32. The van der Waals surface area contributed by atoms with E-state index >= 15 is 0 Å². The Morgan fingerprint density at radius 1 is 1.23 bits per heavy atom. The highest BCUT2D eigenvalue weighted by atomic mass is 32.2. The lowest BCUT2D eigenvalue weighted by atomic mass is 9.89.